The molecule has 0 spiro atoms. The molecular formula is C14H16BrN3S. The number of nitrogens with zero attached hydrogens (tertiary/aromatic N) is 1. The number of benzene rings is 1. The molecule has 0 aliphatic heterocycles. The van der Waals surface area contributed by atoms with Crippen molar-refractivity contribution in [2.75, 3.05) is 5.75 Å². The third-order valence-corrected chi connectivity index (χ3v) is 4.31. The molecule has 0 amide bonds. The Kier molecular flexibility index (Phi) is 5.85. The Morgan fingerprint density at radius 1 is 1.26 bits per heavy atom. The maximum atomic E-state index is 5.61. The van der Waals surface area contributed by atoms with Crippen molar-refractivity contribution in [3.63, 3.8) is 0 Å². The van der Waals surface area contributed by atoms with Gasteiger partial charge in [0.2, 0.25) is 0 Å². The minimum atomic E-state index is 0.207. The minimum Gasteiger partial charge on any atom is -0.271 e. The highest BCUT2D eigenvalue weighted by Gasteiger charge is 2.09. The van der Waals surface area contributed by atoms with Crippen molar-refractivity contribution in [3.05, 3.63) is 58.8 Å². The lowest BCUT2D eigenvalue weighted by atomic mass is 10.2. The van der Waals surface area contributed by atoms with E-state index in [1.165, 1.54) is 4.90 Å². The van der Waals surface area contributed by atoms with E-state index in [4.69, 9.17) is 5.84 Å². The third-order valence-electron chi connectivity index (χ3n) is 2.66. The van der Waals surface area contributed by atoms with E-state index < -0.39 is 0 Å². The van der Waals surface area contributed by atoms with Crippen LogP contribution in [0, 0.1) is 0 Å². The zero-order valence-corrected chi connectivity index (χ0v) is 12.8. The van der Waals surface area contributed by atoms with Crippen molar-refractivity contribution < 1.29 is 0 Å². The van der Waals surface area contributed by atoms with E-state index in [0.29, 0.717) is 0 Å². The fourth-order valence-electron chi connectivity index (χ4n) is 1.69. The summed E-state index contributed by atoms with van der Waals surface area (Å²) in [6, 6.07) is 14.4. The van der Waals surface area contributed by atoms with Crippen molar-refractivity contribution >= 4 is 27.7 Å². The quantitative estimate of drug-likeness (QED) is 0.483. The largest absolute Gasteiger partial charge is 0.271 e. The predicted molar refractivity (Wildman–Crippen MR) is 83.9 cm³/mol. The highest BCUT2D eigenvalue weighted by molar-refractivity contribution is 9.10. The van der Waals surface area contributed by atoms with E-state index in [1.54, 1.807) is 11.8 Å². The van der Waals surface area contributed by atoms with Gasteiger partial charge < -0.3 is 0 Å². The summed E-state index contributed by atoms with van der Waals surface area (Å²) in [5, 5.41) is 0. The van der Waals surface area contributed by atoms with E-state index in [9.17, 15) is 0 Å². The molecule has 1 heterocycles. The third kappa shape index (κ3) is 4.95. The van der Waals surface area contributed by atoms with Gasteiger partial charge in [-0.15, -0.1) is 11.8 Å². The molecule has 0 aliphatic carbocycles. The van der Waals surface area contributed by atoms with Gasteiger partial charge in [0.15, 0.2) is 0 Å². The standard InChI is InChI=1S/C14H16BrN3S/c15-11-4-3-6-14(8-11)19-10-13(18-16)9-12-5-1-2-7-17-12/h1-8,13,18H,9-10,16H2. The van der Waals surface area contributed by atoms with Crippen LogP contribution in [0.3, 0.4) is 0 Å². The molecule has 2 aromatic rings. The maximum Gasteiger partial charge on any atom is 0.0419 e. The van der Waals surface area contributed by atoms with Crippen LogP contribution in [0.5, 0.6) is 0 Å². The Hall–Kier alpha value is -0.880. The number of nitrogens with two attached hydrogens (primary N) is 1. The Bertz CT molecular complexity index is 507. The Morgan fingerprint density at radius 3 is 2.84 bits per heavy atom. The molecule has 0 radical (unpaired) electrons. The van der Waals surface area contributed by atoms with Crippen LogP contribution in [0.1, 0.15) is 5.69 Å². The number of pyridine rings is 1. The van der Waals surface area contributed by atoms with Gasteiger partial charge in [-0.05, 0) is 30.3 Å². The van der Waals surface area contributed by atoms with Gasteiger partial charge in [-0.1, -0.05) is 28.1 Å². The first-order valence-corrected chi connectivity index (χ1v) is 7.80. The average Bonchev–Trinajstić information content (AvgIpc) is 2.44. The smallest absolute Gasteiger partial charge is 0.0419 e. The Morgan fingerprint density at radius 2 is 2.16 bits per heavy atom. The number of hydrogen-bond acceptors (Lipinski definition) is 4. The Balaban J connectivity index is 1.89. The van der Waals surface area contributed by atoms with E-state index in [1.807, 2.05) is 36.5 Å². The first kappa shape index (κ1) is 14.5. The van der Waals surface area contributed by atoms with E-state index in [2.05, 4.69) is 38.5 Å². The predicted octanol–water partition coefficient (Wildman–Crippen LogP) is 3.01. The molecule has 3 N–H and O–H groups in total. The molecule has 1 aromatic carbocycles. The molecular weight excluding hydrogens is 322 g/mol. The number of thioether (sulfide) groups is 1. The highest BCUT2D eigenvalue weighted by atomic mass is 79.9. The molecule has 0 fully saturated rings. The topological polar surface area (TPSA) is 50.9 Å². The zero-order chi connectivity index (χ0) is 13.5. The van der Waals surface area contributed by atoms with E-state index in [0.717, 1.165) is 22.3 Å². The molecule has 0 bridgehead atoms. The van der Waals surface area contributed by atoms with Gasteiger partial charge in [-0.3, -0.25) is 16.3 Å². The van der Waals surface area contributed by atoms with Crippen LogP contribution in [0.15, 0.2) is 58.0 Å². The average molecular weight is 338 g/mol. The van der Waals surface area contributed by atoms with Gasteiger partial charge >= 0.3 is 0 Å². The van der Waals surface area contributed by atoms with Crippen LogP contribution in [-0.4, -0.2) is 16.8 Å². The van der Waals surface area contributed by atoms with Gasteiger partial charge in [0.05, 0.1) is 0 Å². The molecule has 19 heavy (non-hydrogen) atoms. The minimum absolute atomic E-state index is 0.207. The van der Waals surface area contributed by atoms with Crippen LogP contribution in [0.25, 0.3) is 0 Å². The lowest BCUT2D eigenvalue weighted by Crippen LogP contribution is -2.38. The normalized spacial score (nSPS) is 12.3. The Labute approximate surface area is 126 Å². The van der Waals surface area contributed by atoms with Crippen LogP contribution in [0.2, 0.25) is 0 Å². The number of nitrogens with one attached hydrogen (secondary N) is 1. The van der Waals surface area contributed by atoms with Crippen molar-refractivity contribution in [1.29, 1.82) is 0 Å². The SMILES string of the molecule is NNC(CSc1cccc(Br)c1)Cc1ccccn1. The monoisotopic (exact) mass is 337 g/mol. The van der Waals surface area contributed by atoms with E-state index >= 15 is 0 Å². The summed E-state index contributed by atoms with van der Waals surface area (Å²) >= 11 is 5.26. The molecule has 0 saturated carbocycles. The van der Waals surface area contributed by atoms with Gasteiger partial charge in [0.25, 0.3) is 0 Å². The second kappa shape index (κ2) is 7.65. The van der Waals surface area contributed by atoms with Crippen molar-refractivity contribution in [3.8, 4) is 0 Å². The molecule has 0 saturated heterocycles. The number of hydrazine groups is 1. The molecule has 3 nitrogen and oxygen atoms in total. The number of rotatable bonds is 6. The number of halogens is 1. The summed E-state index contributed by atoms with van der Waals surface area (Å²) in [4.78, 5) is 5.56. The molecule has 100 valence electrons. The fourth-order valence-corrected chi connectivity index (χ4v) is 3.23. The maximum absolute atomic E-state index is 5.61. The molecule has 1 unspecified atom stereocenters. The first-order valence-electron chi connectivity index (χ1n) is 6.02. The van der Waals surface area contributed by atoms with Crippen molar-refractivity contribution in [2.45, 2.75) is 17.4 Å². The zero-order valence-electron chi connectivity index (χ0n) is 10.4. The van der Waals surface area contributed by atoms with Crippen LogP contribution >= 0.6 is 27.7 Å². The molecule has 1 aromatic heterocycles. The summed E-state index contributed by atoms with van der Waals surface area (Å²) in [7, 11) is 0. The van der Waals surface area contributed by atoms with Gasteiger partial charge in [-0.25, -0.2) is 0 Å². The lowest BCUT2D eigenvalue weighted by molar-refractivity contribution is 0.569. The molecule has 2 rings (SSSR count). The van der Waals surface area contributed by atoms with Crippen molar-refractivity contribution in [1.82, 2.24) is 10.4 Å². The number of aromatic nitrogens is 1. The van der Waals surface area contributed by atoms with Crippen molar-refractivity contribution in [2.24, 2.45) is 5.84 Å². The van der Waals surface area contributed by atoms with Gasteiger partial charge in [0, 0.05) is 39.5 Å². The fraction of sp³-hybridized carbons (Fsp3) is 0.214. The van der Waals surface area contributed by atoms with Crippen LogP contribution in [-0.2, 0) is 6.42 Å². The van der Waals surface area contributed by atoms with Crippen LogP contribution < -0.4 is 11.3 Å². The molecule has 5 heteroatoms. The summed E-state index contributed by atoms with van der Waals surface area (Å²) in [6.07, 6.45) is 2.64. The van der Waals surface area contributed by atoms with E-state index in [-0.39, 0.29) is 6.04 Å². The lowest BCUT2D eigenvalue weighted by Gasteiger charge is -2.15. The molecule has 0 aliphatic rings. The van der Waals surface area contributed by atoms with Gasteiger partial charge in [-0.2, -0.15) is 0 Å². The first-order chi connectivity index (χ1) is 9.28. The summed E-state index contributed by atoms with van der Waals surface area (Å²) in [6.45, 7) is 0. The second-order valence-corrected chi connectivity index (χ2v) is 6.17. The van der Waals surface area contributed by atoms with Gasteiger partial charge in [0.1, 0.15) is 0 Å². The summed E-state index contributed by atoms with van der Waals surface area (Å²) < 4.78 is 1.10. The highest BCUT2D eigenvalue weighted by Crippen LogP contribution is 2.22. The van der Waals surface area contributed by atoms with Crippen LogP contribution in [0.4, 0.5) is 0 Å². The molecule has 1 atom stereocenters. The number of hydrogen-bond donors (Lipinski definition) is 2. The summed E-state index contributed by atoms with van der Waals surface area (Å²) in [5.74, 6) is 6.52. The summed E-state index contributed by atoms with van der Waals surface area (Å²) in [5.41, 5.74) is 3.92. The second-order valence-electron chi connectivity index (χ2n) is 4.16.